The normalized spacial score (nSPS) is 11.6. The van der Waals surface area contributed by atoms with Gasteiger partial charge >= 0.3 is 0 Å². The number of rotatable bonds is 4. The van der Waals surface area contributed by atoms with Crippen LogP contribution in [-0.4, -0.2) is 4.98 Å². The van der Waals surface area contributed by atoms with Crippen molar-refractivity contribution in [3.05, 3.63) is 158 Å². The quantitative estimate of drug-likeness (QED) is 0.193. The summed E-state index contributed by atoms with van der Waals surface area (Å²) < 4.78 is 2.48. The molecule has 0 bridgehead atoms. The Morgan fingerprint density at radius 3 is 1.93 bits per heavy atom. The third-order valence-corrected chi connectivity index (χ3v) is 9.85. The van der Waals surface area contributed by atoms with Gasteiger partial charge in [-0.2, -0.15) is 0 Å². The zero-order valence-electron chi connectivity index (χ0n) is 23.8. The lowest BCUT2D eigenvalue weighted by Gasteiger charge is -2.26. The summed E-state index contributed by atoms with van der Waals surface area (Å²) in [5.41, 5.74) is 5.81. The Bertz CT molecular complexity index is 2490. The molecule has 0 radical (unpaired) electrons. The van der Waals surface area contributed by atoms with Gasteiger partial charge in [-0.25, -0.2) is 0 Å². The first-order valence-electron chi connectivity index (χ1n) is 14.9. The summed E-state index contributed by atoms with van der Waals surface area (Å²) >= 11 is 1.80. The van der Waals surface area contributed by atoms with Crippen LogP contribution in [0.4, 0.5) is 17.1 Å². The number of nitrogens with zero attached hydrogens (tertiary/aromatic N) is 2. The smallest absolute Gasteiger partial charge is 0.0538 e. The van der Waals surface area contributed by atoms with Gasteiger partial charge in [0.05, 0.1) is 4.70 Å². The molecule has 3 heteroatoms. The molecule has 2 nitrogen and oxygen atoms in total. The summed E-state index contributed by atoms with van der Waals surface area (Å²) in [5.74, 6) is 0. The van der Waals surface area contributed by atoms with Crippen LogP contribution in [0.1, 0.15) is 0 Å². The SMILES string of the molecule is c1ccc(-c2ccc(N(c3ccc4c(ccc5c6ccccc6ccc45)c3)c3ccc4sc5cnccc5c4c3)cc2)cc1. The minimum absolute atomic E-state index is 1.12. The van der Waals surface area contributed by atoms with Crippen LogP contribution < -0.4 is 4.90 Å². The van der Waals surface area contributed by atoms with Crippen LogP contribution in [0.15, 0.2) is 158 Å². The van der Waals surface area contributed by atoms with Crippen LogP contribution in [0.2, 0.25) is 0 Å². The molecule has 0 spiro atoms. The van der Waals surface area contributed by atoms with Gasteiger partial charge in [0.25, 0.3) is 0 Å². The standard InChI is InChI=1S/C41H26N2S/c1-2-6-27(7-3-1)28-10-14-31(15-11-28)43(33-17-21-40-39(25-33)38-22-23-42-26-41(38)44-40)32-16-20-35-30(24-32)13-19-36-34-9-5-4-8-29(34)12-18-37(35)36/h1-26H. The third kappa shape index (κ3) is 4.05. The van der Waals surface area contributed by atoms with E-state index in [-0.39, 0.29) is 0 Å². The minimum Gasteiger partial charge on any atom is -0.310 e. The molecule has 0 amide bonds. The monoisotopic (exact) mass is 578 g/mol. The lowest BCUT2D eigenvalue weighted by Crippen LogP contribution is -2.09. The minimum atomic E-state index is 1.12. The van der Waals surface area contributed by atoms with E-state index in [9.17, 15) is 0 Å². The molecule has 0 unspecified atom stereocenters. The van der Waals surface area contributed by atoms with Gasteiger partial charge in [0.15, 0.2) is 0 Å². The molecule has 7 aromatic carbocycles. The molecule has 0 fully saturated rings. The fourth-order valence-corrected chi connectivity index (χ4v) is 7.65. The Kier molecular flexibility index (Phi) is 5.71. The van der Waals surface area contributed by atoms with Crippen molar-refractivity contribution in [3.8, 4) is 11.1 Å². The number of pyridine rings is 1. The Hall–Kier alpha value is -5.51. The number of fused-ring (bicyclic) bond motifs is 8. The second-order valence-corrected chi connectivity index (χ2v) is 12.3. The van der Waals surface area contributed by atoms with Crippen molar-refractivity contribution >= 4 is 80.9 Å². The van der Waals surface area contributed by atoms with Gasteiger partial charge in [-0.05, 0) is 92.0 Å². The third-order valence-electron chi connectivity index (χ3n) is 8.73. The highest BCUT2D eigenvalue weighted by Crippen LogP contribution is 2.42. The highest BCUT2D eigenvalue weighted by Gasteiger charge is 2.16. The lowest BCUT2D eigenvalue weighted by atomic mass is 9.96. The maximum atomic E-state index is 4.36. The van der Waals surface area contributed by atoms with Gasteiger partial charge in [-0.1, -0.05) is 97.1 Å². The van der Waals surface area contributed by atoms with Crippen molar-refractivity contribution in [2.45, 2.75) is 0 Å². The summed E-state index contributed by atoms with van der Waals surface area (Å²) in [6, 6.07) is 53.0. The Morgan fingerprint density at radius 2 is 1.07 bits per heavy atom. The van der Waals surface area contributed by atoms with E-state index < -0.39 is 0 Å². The predicted octanol–water partition coefficient (Wildman–Crippen LogP) is 12.0. The van der Waals surface area contributed by atoms with E-state index in [0.717, 1.165) is 17.1 Å². The van der Waals surface area contributed by atoms with E-state index in [0.29, 0.717) is 0 Å². The highest BCUT2D eigenvalue weighted by molar-refractivity contribution is 7.25. The number of hydrogen-bond donors (Lipinski definition) is 0. The number of aromatic nitrogens is 1. The number of benzene rings is 7. The molecule has 2 aromatic heterocycles. The van der Waals surface area contributed by atoms with E-state index in [1.807, 2.05) is 12.4 Å². The molecular formula is C41H26N2S. The number of thiophene rings is 1. The number of anilines is 3. The summed E-state index contributed by atoms with van der Waals surface area (Å²) in [6.07, 6.45) is 3.86. The highest BCUT2D eigenvalue weighted by atomic mass is 32.1. The van der Waals surface area contributed by atoms with E-state index in [1.54, 1.807) is 11.3 Å². The molecule has 0 atom stereocenters. The molecule has 0 N–H and O–H groups in total. The fraction of sp³-hybridized carbons (Fsp3) is 0. The van der Waals surface area contributed by atoms with Crippen LogP contribution in [0.5, 0.6) is 0 Å². The maximum absolute atomic E-state index is 4.36. The molecule has 44 heavy (non-hydrogen) atoms. The Balaban J connectivity index is 1.23. The molecule has 0 aliphatic rings. The van der Waals surface area contributed by atoms with Crippen molar-refractivity contribution in [2.24, 2.45) is 0 Å². The topological polar surface area (TPSA) is 16.1 Å². The van der Waals surface area contributed by atoms with E-state index in [4.69, 9.17) is 0 Å². The first-order valence-corrected chi connectivity index (χ1v) is 15.7. The Morgan fingerprint density at radius 1 is 0.409 bits per heavy atom. The summed E-state index contributed by atoms with van der Waals surface area (Å²) in [7, 11) is 0. The fourth-order valence-electron chi connectivity index (χ4n) is 6.60. The van der Waals surface area contributed by atoms with Gasteiger partial charge in [0, 0.05) is 44.9 Å². The zero-order chi connectivity index (χ0) is 29.0. The van der Waals surface area contributed by atoms with Crippen LogP contribution in [-0.2, 0) is 0 Å². The predicted molar refractivity (Wildman–Crippen MR) is 190 cm³/mol. The molecule has 0 saturated carbocycles. The molecule has 0 aliphatic heterocycles. The molecule has 9 rings (SSSR count). The zero-order valence-corrected chi connectivity index (χ0v) is 24.6. The van der Waals surface area contributed by atoms with Gasteiger partial charge in [-0.3, -0.25) is 4.98 Å². The van der Waals surface area contributed by atoms with Crippen LogP contribution >= 0.6 is 11.3 Å². The van der Waals surface area contributed by atoms with Crippen LogP contribution in [0.3, 0.4) is 0 Å². The summed E-state index contributed by atoms with van der Waals surface area (Å²) in [4.78, 5) is 6.74. The van der Waals surface area contributed by atoms with Crippen LogP contribution in [0, 0.1) is 0 Å². The summed E-state index contributed by atoms with van der Waals surface area (Å²) in [5, 5.41) is 10.1. The van der Waals surface area contributed by atoms with Gasteiger partial charge in [-0.15, -0.1) is 11.3 Å². The molecular weight excluding hydrogens is 553 g/mol. The van der Waals surface area contributed by atoms with Gasteiger partial charge in [0.1, 0.15) is 0 Å². The maximum Gasteiger partial charge on any atom is 0.0538 e. The van der Waals surface area contributed by atoms with Gasteiger partial charge < -0.3 is 4.90 Å². The molecule has 0 aliphatic carbocycles. The molecule has 206 valence electrons. The van der Waals surface area contributed by atoms with E-state index in [2.05, 4.69) is 155 Å². The second-order valence-electron chi connectivity index (χ2n) is 11.3. The second kappa shape index (κ2) is 10.0. The van der Waals surface area contributed by atoms with Gasteiger partial charge in [0.2, 0.25) is 0 Å². The van der Waals surface area contributed by atoms with Crippen LogP contribution in [0.25, 0.3) is 63.6 Å². The first-order chi connectivity index (χ1) is 21.8. The van der Waals surface area contributed by atoms with E-state index in [1.165, 1.54) is 63.6 Å². The van der Waals surface area contributed by atoms with Crippen molar-refractivity contribution < 1.29 is 0 Å². The van der Waals surface area contributed by atoms with Crippen molar-refractivity contribution in [2.75, 3.05) is 4.90 Å². The molecule has 0 saturated heterocycles. The lowest BCUT2D eigenvalue weighted by molar-refractivity contribution is 1.30. The summed E-state index contributed by atoms with van der Waals surface area (Å²) in [6.45, 7) is 0. The average Bonchev–Trinajstić information content (AvgIpc) is 3.47. The largest absolute Gasteiger partial charge is 0.310 e. The first kappa shape index (κ1) is 25.0. The van der Waals surface area contributed by atoms with Crippen molar-refractivity contribution in [3.63, 3.8) is 0 Å². The molecule has 9 aromatic rings. The van der Waals surface area contributed by atoms with Crippen molar-refractivity contribution in [1.29, 1.82) is 0 Å². The van der Waals surface area contributed by atoms with E-state index >= 15 is 0 Å². The van der Waals surface area contributed by atoms with Crippen molar-refractivity contribution in [1.82, 2.24) is 4.98 Å². The molecule has 2 heterocycles. The Labute approximate surface area is 259 Å². The average molecular weight is 579 g/mol. The number of hydrogen-bond acceptors (Lipinski definition) is 3.